The fraction of sp³-hybridized carbons (Fsp3) is 0.286. The van der Waals surface area contributed by atoms with Gasteiger partial charge in [-0.05, 0) is 18.2 Å². The van der Waals surface area contributed by atoms with Crippen LogP contribution in [0, 0.1) is 5.92 Å². The number of benzene rings is 1. The maximum Gasteiger partial charge on any atom is 0.321 e. The molecule has 0 fully saturated rings. The Kier molecular flexibility index (Phi) is 3.93. The number of carboxylic acids is 1. The zero-order valence-electron chi connectivity index (χ0n) is 11.4. The number of hydrogen-bond donors (Lipinski definition) is 3. The summed E-state index contributed by atoms with van der Waals surface area (Å²) in [5.74, 6) is -1.52. The monoisotopic (exact) mass is 275 g/mol. The van der Waals surface area contributed by atoms with Gasteiger partial charge in [-0.25, -0.2) is 4.79 Å². The molecule has 0 radical (unpaired) electrons. The highest BCUT2D eigenvalue weighted by molar-refractivity contribution is 6.00. The lowest BCUT2D eigenvalue weighted by Crippen LogP contribution is -2.36. The van der Waals surface area contributed by atoms with Gasteiger partial charge < -0.3 is 20.3 Å². The minimum absolute atomic E-state index is 0.157. The third-order valence-corrected chi connectivity index (χ3v) is 3.15. The van der Waals surface area contributed by atoms with Crippen LogP contribution in [0.25, 0.3) is 10.9 Å². The van der Waals surface area contributed by atoms with Crippen molar-refractivity contribution in [1.29, 1.82) is 0 Å². The van der Waals surface area contributed by atoms with E-state index in [1.807, 2.05) is 24.3 Å². The third-order valence-electron chi connectivity index (χ3n) is 3.15. The average molecular weight is 275 g/mol. The average Bonchev–Trinajstić information content (AvgIpc) is 2.87. The van der Waals surface area contributed by atoms with Crippen molar-refractivity contribution < 1.29 is 14.7 Å². The van der Waals surface area contributed by atoms with Gasteiger partial charge in [0.25, 0.3) is 0 Å². The Bertz CT molecular complexity index is 635. The Morgan fingerprint density at radius 2 is 2.15 bits per heavy atom. The Morgan fingerprint density at radius 1 is 1.40 bits per heavy atom. The van der Waals surface area contributed by atoms with Gasteiger partial charge in [0, 0.05) is 30.7 Å². The lowest BCUT2D eigenvalue weighted by molar-refractivity contribution is -0.141. The van der Waals surface area contributed by atoms with Crippen LogP contribution in [-0.4, -0.2) is 40.6 Å². The number of carboxylic acid groups (broad SMARTS) is 1. The molecule has 0 aliphatic rings. The van der Waals surface area contributed by atoms with E-state index in [0.717, 1.165) is 10.9 Å². The second-order valence-electron chi connectivity index (χ2n) is 4.79. The maximum atomic E-state index is 12.0. The lowest BCUT2D eigenvalue weighted by Gasteiger charge is -2.20. The molecule has 6 nitrogen and oxygen atoms in total. The zero-order valence-corrected chi connectivity index (χ0v) is 11.4. The fourth-order valence-electron chi connectivity index (χ4n) is 1.98. The molecule has 20 heavy (non-hydrogen) atoms. The molecule has 1 aromatic heterocycles. The molecule has 2 rings (SSSR count). The van der Waals surface area contributed by atoms with Crippen LogP contribution in [0.15, 0.2) is 30.5 Å². The number of amides is 2. The lowest BCUT2D eigenvalue weighted by atomic mass is 10.2. The van der Waals surface area contributed by atoms with Crippen molar-refractivity contribution in [2.75, 3.05) is 18.9 Å². The van der Waals surface area contributed by atoms with E-state index in [0.29, 0.717) is 5.69 Å². The van der Waals surface area contributed by atoms with Gasteiger partial charge in [-0.2, -0.15) is 0 Å². The molecular weight excluding hydrogens is 258 g/mol. The second-order valence-corrected chi connectivity index (χ2v) is 4.79. The van der Waals surface area contributed by atoms with Crippen LogP contribution in [0.1, 0.15) is 6.92 Å². The van der Waals surface area contributed by atoms with Gasteiger partial charge in [-0.15, -0.1) is 0 Å². The number of rotatable bonds is 4. The Labute approximate surface area is 116 Å². The molecule has 1 atom stereocenters. The number of aromatic amines is 1. The number of nitrogens with zero attached hydrogens (tertiary/aromatic N) is 1. The van der Waals surface area contributed by atoms with Crippen LogP contribution in [0.2, 0.25) is 0 Å². The largest absolute Gasteiger partial charge is 0.481 e. The highest BCUT2D eigenvalue weighted by Gasteiger charge is 2.17. The molecule has 0 aliphatic carbocycles. The molecule has 1 aromatic carbocycles. The number of urea groups is 1. The molecule has 1 unspecified atom stereocenters. The molecular formula is C14H17N3O3. The summed E-state index contributed by atoms with van der Waals surface area (Å²) >= 11 is 0. The summed E-state index contributed by atoms with van der Waals surface area (Å²) in [5.41, 5.74) is 1.63. The molecule has 2 amide bonds. The van der Waals surface area contributed by atoms with Gasteiger partial charge in [0.15, 0.2) is 0 Å². The number of aliphatic carboxylic acids is 1. The molecule has 0 saturated carbocycles. The van der Waals surface area contributed by atoms with Gasteiger partial charge in [-0.3, -0.25) is 4.79 Å². The van der Waals surface area contributed by atoms with E-state index in [2.05, 4.69) is 10.3 Å². The quantitative estimate of drug-likeness (QED) is 0.800. The van der Waals surface area contributed by atoms with E-state index in [9.17, 15) is 9.59 Å². The number of carbonyl (C=O) groups is 2. The van der Waals surface area contributed by atoms with E-state index in [-0.39, 0.29) is 12.6 Å². The predicted molar refractivity (Wildman–Crippen MR) is 76.7 cm³/mol. The summed E-state index contributed by atoms with van der Waals surface area (Å²) in [6.07, 6.45) is 1.80. The summed E-state index contributed by atoms with van der Waals surface area (Å²) in [6, 6.07) is 7.12. The van der Waals surface area contributed by atoms with Crippen molar-refractivity contribution in [3.05, 3.63) is 30.5 Å². The Balaban J connectivity index is 2.07. The number of H-pyrrole nitrogens is 1. The van der Waals surface area contributed by atoms with Crippen LogP contribution in [0.4, 0.5) is 10.5 Å². The van der Waals surface area contributed by atoms with Crippen LogP contribution in [-0.2, 0) is 4.79 Å². The maximum absolute atomic E-state index is 12.0. The summed E-state index contributed by atoms with van der Waals surface area (Å²) in [7, 11) is 1.58. The Morgan fingerprint density at radius 3 is 2.85 bits per heavy atom. The first-order valence-electron chi connectivity index (χ1n) is 6.30. The van der Waals surface area contributed by atoms with E-state index < -0.39 is 11.9 Å². The molecule has 0 aliphatic heterocycles. The van der Waals surface area contributed by atoms with Gasteiger partial charge in [-0.1, -0.05) is 13.0 Å². The van der Waals surface area contributed by atoms with E-state index in [4.69, 9.17) is 5.11 Å². The minimum atomic E-state index is -0.919. The van der Waals surface area contributed by atoms with Crippen molar-refractivity contribution in [2.24, 2.45) is 5.92 Å². The smallest absolute Gasteiger partial charge is 0.321 e. The number of nitrogens with one attached hydrogen (secondary N) is 2. The first kappa shape index (κ1) is 13.9. The predicted octanol–water partition coefficient (Wildman–Crippen LogP) is 2.35. The molecule has 6 heteroatoms. The van der Waals surface area contributed by atoms with Gasteiger partial charge in [0.1, 0.15) is 0 Å². The summed E-state index contributed by atoms with van der Waals surface area (Å²) in [4.78, 5) is 27.3. The second kappa shape index (κ2) is 5.64. The highest BCUT2D eigenvalue weighted by atomic mass is 16.4. The molecule has 2 aromatic rings. The van der Waals surface area contributed by atoms with Crippen LogP contribution >= 0.6 is 0 Å². The van der Waals surface area contributed by atoms with Crippen LogP contribution in [0.5, 0.6) is 0 Å². The SMILES string of the molecule is CC(CN(C)C(=O)Nc1cccc2[nH]ccc12)C(=O)O. The van der Waals surface area contributed by atoms with E-state index in [1.165, 1.54) is 4.90 Å². The van der Waals surface area contributed by atoms with Crippen LogP contribution < -0.4 is 5.32 Å². The summed E-state index contributed by atoms with van der Waals surface area (Å²) in [6.45, 7) is 1.73. The van der Waals surface area contributed by atoms with Gasteiger partial charge in [0.05, 0.1) is 11.6 Å². The fourth-order valence-corrected chi connectivity index (χ4v) is 1.98. The van der Waals surface area contributed by atoms with E-state index >= 15 is 0 Å². The van der Waals surface area contributed by atoms with Gasteiger partial charge in [0.2, 0.25) is 0 Å². The zero-order chi connectivity index (χ0) is 14.7. The van der Waals surface area contributed by atoms with Gasteiger partial charge >= 0.3 is 12.0 Å². The van der Waals surface area contributed by atoms with E-state index in [1.54, 1.807) is 20.2 Å². The molecule has 0 spiro atoms. The van der Waals surface area contributed by atoms with Crippen molar-refractivity contribution in [1.82, 2.24) is 9.88 Å². The van der Waals surface area contributed by atoms with Crippen molar-refractivity contribution in [2.45, 2.75) is 6.92 Å². The number of hydrogen-bond acceptors (Lipinski definition) is 2. The topological polar surface area (TPSA) is 85.4 Å². The first-order chi connectivity index (χ1) is 9.49. The minimum Gasteiger partial charge on any atom is -0.481 e. The number of carbonyl (C=O) groups excluding carboxylic acids is 1. The molecule has 106 valence electrons. The molecule has 0 saturated heterocycles. The summed E-state index contributed by atoms with van der Waals surface area (Å²) in [5, 5.41) is 12.6. The highest BCUT2D eigenvalue weighted by Crippen LogP contribution is 2.22. The third kappa shape index (κ3) is 2.90. The van der Waals surface area contributed by atoms with Crippen molar-refractivity contribution in [3.63, 3.8) is 0 Å². The molecule has 1 heterocycles. The normalized spacial score (nSPS) is 12.1. The first-order valence-corrected chi connectivity index (χ1v) is 6.30. The molecule has 0 bridgehead atoms. The van der Waals surface area contributed by atoms with Crippen molar-refractivity contribution in [3.8, 4) is 0 Å². The molecule has 3 N–H and O–H groups in total. The standard InChI is InChI=1S/C14H17N3O3/c1-9(13(18)19)8-17(2)14(20)16-12-5-3-4-11-10(12)6-7-15-11/h3-7,9,15H,8H2,1-2H3,(H,16,20)(H,18,19). The Hall–Kier alpha value is -2.50. The summed E-state index contributed by atoms with van der Waals surface area (Å²) < 4.78 is 0. The van der Waals surface area contributed by atoms with Crippen molar-refractivity contribution >= 4 is 28.6 Å². The number of aromatic nitrogens is 1. The number of anilines is 1. The van der Waals surface area contributed by atoms with Crippen LogP contribution in [0.3, 0.4) is 0 Å². The number of fused-ring (bicyclic) bond motifs is 1.